The molecule has 1 atom stereocenters. The van der Waals surface area contributed by atoms with E-state index in [0.29, 0.717) is 6.61 Å². The molecule has 0 radical (unpaired) electrons. The average molecular weight is 245 g/mol. The highest BCUT2D eigenvalue weighted by atomic mass is 19.1. The third-order valence-corrected chi connectivity index (χ3v) is 2.70. The molecule has 1 unspecified atom stereocenters. The summed E-state index contributed by atoms with van der Waals surface area (Å²) < 4.78 is 18.6. The van der Waals surface area contributed by atoms with Gasteiger partial charge in [-0.05, 0) is 42.3 Å². The van der Waals surface area contributed by atoms with Crippen molar-refractivity contribution < 1.29 is 9.13 Å². The van der Waals surface area contributed by atoms with Crippen LogP contribution in [-0.4, -0.2) is 6.61 Å². The monoisotopic (exact) mass is 245 g/mol. The second-order valence-electron chi connectivity index (χ2n) is 4.29. The van der Waals surface area contributed by atoms with E-state index in [2.05, 4.69) is 0 Å². The summed E-state index contributed by atoms with van der Waals surface area (Å²) in [5.74, 6) is 0.500. The molecule has 2 N–H and O–H groups in total. The van der Waals surface area contributed by atoms with Gasteiger partial charge in [0.05, 0.1) is 6.04 Å². The first-order chi connectivity index (χ1) is 8.65. The van der Waals surface area contributed by atoms with Crippen LogP contribution < -0.4 is 10.5 Å². The molecule has 94 valence electrons. The van der Waals surface area contributed by atoms with Crippen LogP contribution in [0.15, 0.2) is 48.5 Å². The minimum absolute atomic E-state index is 0.279. The van der Waals surface area contributed by atoms with E-state index in [1.807, 2.05) is 31.2 Å². The second kappa shape index (κ2) is 5.65. The molecule has 2 aromatic carbocycles. The Morgan fingerprint density at radius 1 is 1.17 bits per heavy atom. The van der Waals surface area contributed by atoms with Crippen LogP contribution in [0, 0.1) is 12.7 Å². The van der Waals surface area contributed by atoms with Crippen LogP contribution in [0.1, 0.15) is 17.2 Å². The molecule has 2 aromatic rings. The summed E-state index contributed by atoms with van der Waals surface area (Å²) in [6.45, 7) is 2.33. The van der Waals surface area contributed by atoms with Crippen LogP contribution in [0.5, 0.6) is 5.75 Å². The topological polar surface area (TPSA) is 35.2 Å². The van der Waals surface area contributed by atoms with Crippen LogP contribution in [0.25, 0.3) is 0 Å². The maximum Gasteiger partial charge on any atom is 0.123 e. The van der Waals surface area contributed by atoms with Crippen molar-refractivity contribution in [3.8, 4) is 5.75 Å². The highest BCUT2D eigenvalue weighted by Gasteiger charge is 2.07. The summed E-state index contributed by atoms with van der Waals surface area (Å²) in [4.78, 5) is 0. The molecule has 0 spiro atoms. The highest BCUT2D eigenvalue weighted by Crippen LogP contribution is 2.16. The molecule has 2 nitrogen and oxygen atoms in total. The van der Waals surface area contributed by atoms with E-state index in [9.17, 15) is 4.39 Å². The lowest BCUT2D eigenvalue weighted by Crippen LogP contribution is -2.19. The summed E-state index contributed by atoms with van der Waals surface area (Å²) in [7, 11) is 0. The molecule has 0 aliphatic heterocycles. The van der Waals surface area contributed by atoms with Crippen molar-refractivity contribution in [2.45, 2.75) is 13.0 Å². The molecular formula is C15H16FNO. The first kappa shape index (κ1) is 12.6. The lowest BCUT2D eigenvalue weighted by molar-refractivity contribution is 0.290. The second-order valence-corrected chi connectivity index (χ2v) is 4.29. The number of aryl methyl sites for hydroxylation is 1. The maximum atomic E-state index is 13.0. The number of hydrogen-bond donors (Lipinski definition) is 1. The van der Waals surface area contributed by atoms with E-state index in [4.69, 9.17) is 10.5 Å². The summed E-state index contributed by atoms with van der Waals surface area (Å²) in [5, 5.41) is 0. The van der Waals surface area contributed by atoms with Gasteiger partial charge >= 0.3 is 0 Å². The van der Waals surface area contributed by atoms with Gasteiger partial charge in [-0.1, -0.05) is 24.3 Å². The number of halogens is 1. The van der Waals surface area contributed by atoms with Crippen LogP contribution in [0.3, 0.4) is 0 Å². The average Bonchev–Trinajstić information content (AvgIpc) is 2.36. The molecule has 0 aliphatic rings. The Balaban J connectivity index is 1.98. The molecule has 0 fully saturated rings. The molecule has 0 heterocycles. The molecule has 0 bridgehead atoms. The van der Waals surface area contributed by atoms with E-state index in [1.165, 1.54) is 12.1 Å². The van der Waals surface area contributed by atoms with Crippen LogP contribution in [0.2, 0.25) is 0 Å². The van der Waals surface area contributed by atoms with E-state index in [1.54, 1.807) is 12.1 Å². The number of nitrogens with two attached hydrogens (primary N) is 1. The predicted molar refractivity (Wildman–Crippen MR) is 70.0 cm³/mol. The fraction of sp³-hybridized carbons (Fsp3) is 0.200. The molecule has 0 saturated heterocycles. The SMILES string of the molecule is Cc1cccc(OCC(N)c2cccc(F)c2)c1. The molecule has 0 amide bonds. The summed E-state index contributed by atoms with van der Waals surface area (Å²) in [6, 6.07) is 13.7. The van der Waals surface area contributed by atoms with Crippen molar-refractivity contribution in [3.05, 3.63) is 65.5 Å². The third-order valence-electron chi connectivity index (χ3n) is 2.70. The van der Waals surface area contributed by atoms with Gasteiger partial charge in [0.25, 0.3) is 0 Å². The Kier molecular flexibility index (Phi) is 3.95. The maximum absolute atomic E-state index is 13.0. The summed E-state index contributed by atoms with van der Waals surface area (Å²) in [5.41, 5.74) is 7.83. The van der Waals surface area contributed by atoms with Crippen molar-refractivity contribution >= 4 is 0 Å². The third kappa shape index (κ3) is 3.31. The molecule has 2 rings (SSSR count). The normalized spacial score (nSPS) is 12.2. The van der Waals surface area contributed by atoms with Crippen LogP contribution in [-0.2, 0) is 0 Å². The van der Waals surface area contributed by atoms with Gasteiger partial charge < -0.3 is 10.5 Å². The van der Waals surface area contributed by atoms with Gasteiger partial charge in [0.15, 0.2) is 0 Å². The van der Waals surface area contributed by atoms with E-state index >= 15 is 0 Å². The smallest absolute Gasteiger partial charge is 0.123 e. The van der Waals surface area contributed by atoms with Crippen molar-refractivity contribution in [1.82, 2.24) is 0 Å². The molecule has 0 aliphatic carbocycles. The number of benzene rings is 2. The van der Waals surface area contributed by atoms with Gasteiger partial charge in [0.1, 0.15) is 18.2 Å². The zero-order valence-corrected chi connectivity index (χ0v) is 10.3. The Labute approximate surface area is 106 Å². The van der Waals surface area contributed by atoms with Crippen molar-refractivity contribution in [2.24, 2.45) is 5.73 Å². The minimum Gasteiger partial charge on any atom is -0.492 e. The predicted octanol–water partition coefficient (Wildman–Crippen LogP) is 3.21. The van der Waals surface area contributed by atoms with E-state index < -0.39 is 0 Å². The summed E-state index contributed by atoms with van der Waals surface area (Å²) >= 11 is 0. The Morgan fingerprint density at radius 3 is 2.67 bits per heavy atom. The largest absolute Gasteiger partial charge is 0.492 e. The molecule has 0 aromatic heterocycles. The lowest BCUT2D eigenvalue weighted by atomic mass is 10.1. The zero-order chi connectivity index (χ0) is 13.0. The van der Waals surface area contributed by atoms with Crippen molar-refractivity contribution in [3.63, 3.8) is 0 Å². The van der Waals surface area contributed by atoms with Gasteiger partial charge in [-0.15, -0.1) is 0 Å². The Morgan fingerprint density at radius 2 is 1.94 bits per heavy atom. The quantitative estimate of drug-likeness (QED) is 0.897. The van der Waals surface area contributed by atoms with Gasteiger partial charge in [-0.3, -0.25) is 0 Å². The Bertz CT molecular complexity index is 527. The molecule has 18 heavy (non-hydrogen) atoms. The van der Waals surface area contributed by atoms with E-state index in [0.717, 1.165) is 16.9 Å². The Hall–Kier alpha value is -1.87. The van der Waals surface area contributed by atoms with Crippen molar-refractivity contribution in [1.29, 1.82) is 0 Å². The summed E-state index contributed by atoms with van der Waals surface area (Å²) in [6.07, 6.45) is 0. The van der Waals surface area contributed by atoms with Gasteiger partial charge in [-0.25, -0.2) is 4.39 Å². The van der Waals surface area contributed by atoms with E-state index in [-0.39, 0.29) is 11.9 Å². The first-order valence-corrected chi connectivity index (χ1v) is 5.85. The molecule has 3 heteroatoms. The van der Waals surface area contributed by atoms with Crippen LogP contribution in [0.4, 0.5) is 4.39 Å². The van der Waals surface area contributed by atoms with Gasteiger partial charge in [0.2, 0.25) is 0 Å². The fourth-order valence-corrected chi connectivity index (χ4v) is 1.72. The van der Waals surface area contributed by atoms with Crippen LogP contribution >= 0.6 is 0 Å². The molecular weight excluding hydrogens is 229 g/mol. The molecule has 0 saturated carbocycles. The standard InChI is InChI=1S/C15H16FNO/c1-11-4-2-7-14(8-11)18-10-15(17)12-5-3-6-13(16)9-12/h2-9,15H,10,17H2,1H3. The van der Waals surface area contributed by atoms with Gasteiger partial charge in [-0.2, -0.15) is 0 Å². The highest BCUT2D eigenvalue weighted by molar-refractivity contribution is 5.28. The van der Waals surface area contributed by atoms with Crippen molar-refractivity contribution in [2.75, 3.05) is 6.61 Å². The number of hydrogen-bond acceptors (Lipinski definition) is 2. The van der Waals surface area contributed by atoms with Gasteiger partial charge in [0, 0.05) is 0 Å². The number of rotatable bonds is 4. The fourth-order valence-electron chi connectivity index (χ4n) is 1.72. The lowest BCUT2D eigenvalue weighted by Gasteiger charge is -2.14. The number of ether oxygens (including phenoxy) is 1. The minimum atomic E-state index is -0.332. The first-order valence-electron chi connectivity index (χ1n) is 5.85. The zero-order valence-electron chi connectivity index (χ0n) is 10.3.